The number of nitrogens with one attached hydrogen (secondary N) is 1. The van der Waals surface area contributed by atoms with Crippen LogP contribution in [0.1, 0.15) is 28.2 Å². The highest BCUT2D eigenvalue weighted by Crippen LogP contribution is 1.97. The van der Waals surface area contributed by atoms with Gasteiger partial charge in [-0.15, -0.1) is 12.4 Å². The molecule has 0 aromatic rings. The first-order chi connectivity index (χ1) is 6.87. The molecule has 126 valence electrons. The van der Waals surface area contributed by atoms with E-state index in [0.29, 0.717) is 0 Å². The van der Waals surface area contributed by atoms with Crippen molar-refractivity contribution in [1.82, 2.24) is 5.32 Å². The van der Waals surface area contributed by atoms with Crippen LogP contribution in [0.2, 0.25) is 0 Å². The van der Waals surface area contributed by atoms with E-state index in [2.05, 4.69) is 31.2 Å². The minimum absolute atomic E-state index is 0. The van der Waals surface area contributed by atoms with Gasteiger partial charge in [0.2, 0.25) is 0 Å². The molecule has 0 radical (unpaired) electrons. The van der Waals surface area contributed by atoms with Crippen molar-refractivity contribution >= 4 is 12.4 Å². The zero-order valence-corrected chi connectivity index (χ0v) is 13.6. The maximum absolute atomic E-state index is 9.18. The Hall–Kier alpha value is 0.420. The normalized spacial score (nSPS) is 12.2. The number of quaternary nitrogens is 1. The summed E-state index contributed by atoms with van der Waals surface area (Å²) in [6.45, 7) is 4.84. The van der Waals surface area contributed by atoms with Gasteiger partial charge in [-0.05, 0) is 20.5 Å². The number of rotatable bonds is 3. The van der Waals surface area contributed by atoms with Gasteiger partial charge in [0, 0.05) is 0 Å². The smallest absolute Gasteiger partial charge is 0.104 e. The van der Waals surface area contributed by atoms with Crippen LogP contribution in [-0.4, -0.2) is 70.7 Å². The zero-order valence-electron chi connectivity index (χ0n) is 12.0. The Balaban J connectivity index is -0.0000000362. The minimum Gasteiger partial charge on any atom is -1.00 e. The maximum atomic E-state index is 9.18. The van der Waals surface area contributed by atoms with Crippen LogP contribution in [0.4, 0.5) is 0 Å². The summed E-state index contributed by atoms with van der Waals surface area (Å²) >= 11 is 0. The van der Waals surface area contributed by atoms with Crippen LogP contribution < -0.4 is 17.7 Å². The fourth-order valence-electron chi connectivity index (χ4n) is 0.761. The van der Waals surface area contributed by atoms with Crippen molar-refractivity contribution in [2.45, 2.75) is 34.3 Å². The zero-order chi connectivity index (χ0) is 12.3. The summed E-state index contributed by atoms with van der Waals surface area (Å²) in [6, 6.07) is 0. The van der Waals surface area contributed by atoms with E-state index in [1.54, 1.807) is 0 Å². The molecule has 0 amide bonds. The molecule has 6 heteroatoms. The van der Waals surface area contributed by atoms with Gasteiger partial charge in [-0.2, -0.15) is 0 Å². The number of epoxide rings is 1. The lowest BCUT2D eigenvalue weighted by Gasteiger charge is -2.26. The van der Waals surface area contributed by atoms with Gasteiger partial charge in [0.05, 0.1) is 34.4 Å². The fourth-order valence-corrected chi connectivity index (χ4v) is 0.761. The number of halogens is 2. The molecule has 1 unspecified atom stereocenters. The Bertz CT molecular complexity index is 130. The van der Waals surface area contributed by atoms with Crippen molar-refractivity contribution in [3.63, 3.8) is 0 Å². The molecule has 1 atom stereocenters. The molecule has 19 heavy (non-hydrogen) atoms. The van der Waals surface area contributed by atoms with Crippen LogP contribution in [0, 0.1) is 0 Å². The van der Waals surface area contributed by atoms with Crippen molar-refractivity contribution in [3.05, 3.63) is 0 Å². The van der Waals surface area contributed by atoms with Crippen molar-refractivity contribution in [2.75, 3.05) is 55.0 Å². The largest absolute Gasteiger partial charge is 1.00 e. The number of ether oxygens (including phenoxy) is 1. The molecule has 1 fully saturated rings. The van der Waals surface area contributed by atoms with Crippen LogP contribution in [-0.2, 0) is 4.74 Å². The van der Waals surface area contributed by atoms with E-state index in [1.807, 2.05) is 21.0 Å². The molecule has 0 aromatic carbocycles. The van der Waals surface area contributed by atoms with E-state index in [9.17, 15) is 5.11 Å². The average Bonchev–Trinajstić information content (AvgIpc) is 2.88. The predicted molar refractivity (Wildman–Crippen MR) is 85.7 cm³/mol. The monoisotopic (exact) mass is 324 g/mol. The van der Waals surface area contributed by atoms with E-state index < -0.39 is 0 Å². The lowest BCUT2D eigenvalue weighted by Crippen LogP contribution is -3.00. The maximum Gasteiger partial charge on any atom is 0.104 e. The van der Waals surface area contributed by atoms with E-state index in [-0.39, 0.29) is 45.8 Å². The Morgan fingerprint density at radius 1 is 1.16 bits per heavy atom. The molecule has 1 aliphatic rings. The molecular weight excluding hydrogens is 287 g/mol. The Labute approximate surface area is 134 Å². The van der Waals surface area contributed by atoms with Gasteiger partial charge in [-0.3, -0.25) is 0 Å². The molecule has 0 saturated carbocycles. The van der Waals surface area contributed by atoms with Crippen LogP contribution in [0.3, 0.4) is 0 Å². The number of hydrogen-bond donors (Lipinski definition) is 2. The van der Waals surface area contributed by atoms with Gasteiger partial charge < -0.3 is 32.1 Å². The lowest BCUT2D eigenvalue weighted by molar-refractivity contribution is -0.873. The van der Waals surface area contributed by atoms with Gasteiger partial charge in [0.25, 0.3) is 0 Å². The number of aliphatic hydroxyl groups is 1. The number of hydrogen-bond acceptors (Lipinski definition) is 3. The fraction of sp³-hybridized carbons (Fsp3) is 1.00. The quantitative estimate of drug-likeness (QED) is 0.518. The first-order valence-corrected chi connectivity index (χ1v) is 5.52. The highest BCUT2D eigenvalue weighted by atomic mass is 35.5. The van der Waals surface area contributed by atoms with E-state index in [4.69, 9.17) is 0 Å². The minimum atomic E-state index is -0.134. The average molecular weight is 325 g/mol. The summed E-state index contributed by atoms with van der Waals surface area (Å²) in [5.41, 5.74) is 0. The van der Waals surface area contributed by atoms with Gasteiger partial charge in [-0.25, -0.2) is 0 Å². The molecule has 0 bridgehead atoms. The third-order valence-corrected chi connectivity index (χ3v) is 1.43. The Morgan fingerprint density at radius 3 is 1.47 bits per heavy atom. The second-order valence-electron chi connectivity index (χ2n) is 4.65. The summed E-state index contributed by atoms with van der Waals surface area (Å²) in [7, 11) is 10.00. The highest BCUT2D eigenvalue weighted by Gasteiger charge is 2.12. The number of likely N-dealkylation sites (N-methyl/N-ethyl adjacent to an activating group) is 1. The molecule has 1 rings (SSSR count). The Morgan fingerprint density at radius 2 is 1.42 bits per heavy atom. The van der Waals surface area contributed by atoms with Crippen molar-refractivity contribution in [1.29, 1.82) is 0 Å². The SMILES string of the molecule is C.C.C1CO1.CCC(O)C[N+](C)(C)C.CNC.Cl.[Cl-]. The summed E-state index contributed by atoms with van der Waals surface area (Å²) in [5.74, 6) is 0. The van der Waals surface area contributed by atoms with Gasteiger partial charge in [0.15, 0.2) is 0 Å². The summed E-state index contributed by atoms with van der Waals surface area (Å²) in [4.78, 5) is 0. The molecule has 2 N–H and O–H groups in total. The van der Waals surface area contributed by atoms with E-state index in [1.165, 1.54) is 0 Å². The molecule has 0 aliphatic carbocycles. The summed E-state index contributed by atoms with van der Waals surface area (Å²) in [6.07, 6.45) is 0.722. The second-order valence-corrected chi connectivity index (χ2v) is 4.65. The molecule has 1 heterocycles. The summed E-state index contributed by atoms with van der Waals surface area (Å²) < 4.78 is 5.34. The molecule has 4 nitrogen and oxygen atoms in total. The first kappa shape index (κ1) is 36.6. The molecule has 0 aromatic heterocycles. The lowest BCUT2D eigenvalue weighted by atomic mass is 10.2. The highest BCUT2D eigenvalue weighted by molar-refractivity contribution is 5.85. The molecular formula is C13H38Cl2N2O2. The topological polar surface area (TPSA) is 44.8 Å². The number of aliphatic hydroxyl groups excluding tert-OH is 1. The molecule has 0 spiro atoms. The van der Waals surface area contributed by atoms with E-state index >= 15 is 0 Å². The van der Waals surface area contributed by atoms with Crippen molar-refractivity contribution in [2.24, 2.45) is 0 Å². The third kappa shape index (κ3) is 70.1. The van der Waals surface area contributed by atoms with Crippen LogP contribution in [0.25, 0.3) is 0 Å². The number of nitrogens with zero attached hydrogens (tertiary/aromatic N) is 1. The van der Waals surface area contributed by atoms with Crippen molar-refractivity contribution < 1.29 is 26.7 Å². The van der Waals surface area contributed by atoms with Crippen LogP contribution >= 0.6 is 12.4 Å². The third-order valence-electron chi connectivity index (χ3n) is 1.43. The standard InChI is InChI=1S/C7H18NO.C2H7N.C2H4O.2CH4.2ClH/c1-5-7(9)6-8(2,3)4;1-3-2;1-2-3-1;;;;/h7,9H,5-6H2,1-4H3;3H,1-2H3;1-2H2;2*1H4;2*1H/q+1;;;;;;/p-1. The Kier molecular flexibility index (Phi) is 45.3. The van der Waals surface area contributed by atoms with E-state index in [0.717, 1.165) is 30.7 Å². The second kappa shape index (κ2) is 23.5. The summed E-state index contributed by atoms with van der Waals surface area (Å²) in [5, 5.41) is 11.9. The molecule has 1 aliphatic heterocycles. The predicted octanol–water partition coefficient (Wildman–Crippen LogP) is -0.986. The van der Waals surface area contributed by atoms with Crippen LogP contribution in [0.5, 0.6) is 0 Å². The van der Waals surface area contributed by atoms with Crippen molar-refractivity contribution in [3.8, 4) is 0 Å². The van der Waals surface area contributed by atoms with Crippen LogP contribution in [0.15, 0.2) is 0 Å². The first-order valence-electron chi connectivity index (χ1n) is 5.52. The van der Waals surface area contributed by atoms with Gasteiger partial charge in [0.1, 0.15) is 12.6 Å². The van der Waals surface area contributed by atoms with Gasteiger partial charge >= 0.3 is 0 Å². The van der Waals surface area contributed by atoms with Gasteiger partial charge in [-0.1, -0.05) is 21.8 Å². The molecule has 1 saturated heterocycles.